The van der Waals surface area contributed by atoms with Gasteiger partial charge < -0.3 is 19.4 Å². The van der Waals surface area contributed by atoms with E-state index in [1.807, 2.05) is 53.4 Å². The summed E-state index contributed by atoms with van der Waals surface area (Å²) >= 11 is 0. The van der Waals surface area contributed by atoms with E-state index in [4.69, 9.17) is 9.15 Å². The van der Waals surface area contributed by atoms with Crippen LogP contribution in [0.5, 0.6) is 5.75 Å². The average Bonchev–Trinajstić information content (AvgIpc) is 3.44. The predicted molar refractivity (Wildman–Crippen MR) is 155 cm³/mol. The van der Waals surface area contributed by atoms with Crippen molar-refractivity contribution in [2.75, 3.05) is 13.1 Å². The first-order valence-electron chi connectivity index (χ1n) is 13.9. The third kappa shape index (κ3) is 6.28. The van der Waals surface area contributed by atoms with Crippen molar-refractivity contribution >= 4 is 11.8 Å². The van der Waals surface area contributed by atoms with E-state index in [2.05, 4.69) is 50.4 Å². The molecule has 0 spiro atoms. The fourth-order valence-electron chi connectivity index (χ4n) is 5.14. The lowest BCUT2D eigenvalue weighted by Crippen LogP contribution is -2.40. The normalized spacial score (nSPS) is 14.6. The van der Waals surface area contributed by atoms with Crippen molar-refractivity contribution in [1.82, 2.24) is 10.2 Å². The highest BCUT2D eigenvalue weighted by Gasteiger charge is 2.33. The van der Waals surface area contributed by atoms with Crippen molar-refractivity contribution in [3.8, 4) is 5.75 Å². The minimum Gasteiger partial charge on any atom is -0.486 e. The van der Waals surface area contributed by atoms with Crippen molar-refractivity contribution in [2.24, 2.45) is 5.92 Å². The van der Waals surface area contributed by atoms with Crippen molar-refractivity contribution in [3.63, 3.8) is 0 Å². The number of carbonyl (C=O) groups excluding carboxylic acids is 2. The quantitative estimate of drug-likeness (QED) is 0.257. The Balaban J connectivity index is 1.36. The molecule has 0 fully saturated rings. The Morgan fingerprint density at radius 1 is 1.00 bits per heavy atom. The van der Waals surface area contributed by atoms with Crippen LogP contribution in [0.3, 0.4) is 0 Å². The van der Waals surface area contributed by atoms with Gasteiger partial charge in [-0.3, -0.25) is 9.59 Å². The summed E-state index contributed by atoms with van der Waals surface area (Å²) in [7, 11) is 0. The van der Waals surface area contributed by atoms with Crippen LogP contribution in [0, 0.1) is 12.8 Å². The van der Waals surface area contributed by atoms with Crippen molar-refractivity contribution < 1.29 is 18.7 Å². The lowest BCUT2D eigenvalue weighted by atomic mass is 9.87. The summed E-state index contributed by atoms with van der Waals surface area (Å²) < 4.78 is 11.9. The van der Waals surface area contributed by atoms with Crippen LogP contribution in [-0.4, -0.2) is 29.8 Å². The fourth-order valence-corrected chi connectivity index (χ4v) is 5.14. The second-order valence-corrected chi connectivity index (χ2v) is 10.8. The number of nitrogens with one attached hydrogen (secondary N) is 1. The van der Waals surface area contributed by atoms with E-state index in [1.165, 1.54) is 5.56 Å². The first kappa shape index (κ1) is 27.3. The summed E-state index contributed by atoms with van der Waals surface area (Å²) in [6, 6.07) is 27.1. The summed E-state index contributed by atoms with van der Waals surface area (Å²) in [4.78, 5) is 28.0. The molecule has 1 aliphatic rings. The fraction of sp³-hybridized carbons (Fsp3) is 0.294. The van der Waals surface area contributed by atoms with Gasteiger partial charge in [-0.2, -0.15) is 0 Å². The largest absolute Gasteiger partial charge is 0.486 e. The molecule has 4 aromatic rings. The second kappa shape index (κ2) is 12.2. The van der Waals surface area contributed by atoms with E-state index in [0.717, 1.165) is 29.5 Å². The van der Waals surface area contributed by atoms with Gasteiger partial charge in [0.2, 0.25) is 0 Å². The van der Waals surface area contributed by atoms with E-state index >= 15 is 0 Å². The number of fused-ring (bicyclic) bond motifs is 1. The van der Waals surface area contributed by atoms with Gasteiger partial charge in [0.05, 0.1) is 6.04 Å². The maximum atomic E-state index is 13.7. The monoisotopic (exact) mass is 536 g/mol. The van der Waals surface area contributed by atoms with Crippen LogP contribution in [0.25, 0.3) is 0 Å². The Labute approximate surface area is 236 Å². The van der Waals surface area contributed by atoms with E-state index in [0.29, 0.717) is 36.1 Å². The molecular formula is C34H36N2O4. The molecule has 6 heteroatoms. The maximum absolute atomic E-state index is 13.7. The van der Waals surface area contributed by atoms with Gasteiger partial charge in [0.1, 0.15) is 18.1 Å². The Hall–Kier alpha value is -4.32. The second-order valence-electron chi connectivity index (χ2n) is 10.8. The highest BCUT2D eigenvalue weighted by Crippen LogP contribution is 2.38. The maximum Gasteiger partial charge on any atom is 0.286 e. The zero-order valence-corrected chi connectivity index (χ0v) is 23.4. The van der Waals surface area contributed by atoms with Crippen LogP contribution >= 0.6 is 0 Å². The first-order valence-corrected chi connectivity index (χ1v) is 13.9. The zero-order valence-electron chi connectivity index (χ0n) is 23.4. The number of nitrogens with zero attached hydrogens (tertiary/aromatic N) is 1. The van der Waals surface area contributed by atoms with E-state index in [-0.39, 0.29) is 30.2 Å². The average molecular weight is 537 g/mol. The summed E-state index contributed by atoms with van der Waals surface area (Å²) in [6.45, 7) is 7.75. The van der Waals surface area contributed by atoms with Gasteiger partial charge in [-0.1, -0.05) is 67.9 Å². The van der Waals surface area contributed by atoms with Crippen LogP contribution in [-0.2, 0) is 13.0 Å². The van der Waals surface area contributed by atoms with Crippen LogP contribution in [0.4, 0.5) is 0 Å². The molecule has 1 unspecified atom stereocenters. The van der Waals surface area contributed by atoms with Gasteiger partial charge in [-0.15, -0.1) is 0 Å². The van der Waals surface area contributed by atoms with Gasteiger partial charge in [0.25, 0.3) is 11.8 Å². The molecule has 0 radical (unpaired) electrons. The molecule has 1 N–H and O–H groups in total. The Bertz CT molecular complexity index is 1470. The third-order valence-electron chi connectivity index (χ3n) is 7.26. The number of hydrogen-bond acceptors (Lipinski definition) is 4. The number of rotatable bonds is 9. The van der Waals surface area contributed by atoms with Gasteiger partial charge >= 0.3 is 0 Å². The molecule has 40 heavy (non-hydrogen) atoms. The van der Waals surface area contributed by atoms with Crippen LogP contribution in [0.1, 0.15) is 75.2 Å². The van der Waals surface area contributed by atoms with Gasteiger partial charge in [0.15, 0.2) is 5.76 Å². The number of ether oxygens (including phenoxy) is 1. The lowest BCUT2D eigenvalue weighted by molar-refractivity contribution is 0.0694. The topological polar surface area (TPSA) is 71.8 Å². The SMILES string of the molecule is Cc1cccc(C2c3cc(OCc4ccc(C(=O)NCCC(C)C)o4)ccc3CCN2C(=O)c2ccccc2)c1. The predicted octanol–water partition coefficient (Wildman–Crippen LogP) is 6.73. The minimum absolute atomic E-state index is 0.0128. The van der Waals surface area contributed by atoms with Crippen molar-refractivity contribution in [3.05, 3.63) is 124 Å². The highest BCUT2D eigenvalue weighted by atomic mass is 16.5. The van der Waals surface area contributed by atoms with E-state index < -0.39 is 0 Å². The molecule has 0 saturated heterocycles. The van der Waals surface area contributed by atoms with Gasteiger partial charge in [0, 0.05) is 18.7 Å². The van der Waals surface area contributed by atoms with Crippen LogP contribution in [0.15, 0.2) is 89.3 Å². The number of carbonyl (C=O) groups is 2. The molecule has 5 rings (SSSR count). The van der Waals surface area contributed by atoms with Crippen LogP contribution < -0.4 is 10.1 Å². The zero-order chi connectivity index (χ0) is 28.1. The summed E-state index contributed by atoms with van der Waals surface area (Å²) in [6.07, 6.45) is 1.68. The van der Waals surface area contributed by atoms with Crippen LogP contribution in [0.2, 0.25) is 0 Å². The van der Waals surface area contributed by atoms with Gasteiger partial charge in [-0.05, 0) is 78.8 Å². The molecule has 0 saturated carbocycles. The molecule has 2 heterocycles. The first-order chi connectivity index (χ1) is 19.4. The number of aryl methyl sites for hydroxylation is 1. The van der Waals surface area contributed by atoms with E-state index in [9.17, 15) is 9.59 Å². The molecule has 1 atom stereocenters. The summed E-state index contributed by atoms with van der Waals surface area (Å²) in [5.41, 5.74) is 5.16. The lowest BCUT2D eigenvalue weighted by Gasteiger charge is -2.38. The molecule has 2 amide bonds. The summed E-state index contributed by atoms with van der Waals surface area (Å²) in [5, 5.41) is 2.90. The molecule has 0 aliphatic carbocycles. The number of benzene rings is 3. The Morgan fingerprint density at radius 2 is 1.82 bits per heavy atom. The Morgan fingerprint density at radius 3 is 2.60 bits per heavy atom. The molecule has 0 bridgehead atoms. The number of amides is 2. The minimum atomic E-state index is -0.232. The molecule has 6 nitrogen and oxygen atoms in total. The standard InChI is InChI=1S/C34H36N2O4/c1-23(2)16-18-35-33(37)31-15-14-29(40-31)22-39-28-13-12-25-17-19-36(34(38)26-9-5-4-6-10-26)32(30(25)21-28)27-11-7-8-24(3)20-27/h4-15,20-21,23,32H,16-19,22H2,1-3H3,(H,35,37). The van der Waals surface area contributed by atoms with Crippen molar-refractivity contribution in [1.29, 1.82) is 0 Å². The third-order valence-corrected chi connectivity index (χ3v) is 7.26. The number of hydrogen-bond donors (Lipinski definition) is 1. The smallest absolute Gasteiger partial charge is 0.286 e. The summed E-state index contributed by atoms with van der Waals surface area (Å²) in [5.74, 6) is 1.85. The molecule has 1 aliphatic heterocycles. The van der Waals surface area contributed by atoms with Gasteiger partial charge in [-0.25, -0.2) is 0 Å². The Kier molecular flexibility index (Phi) is 8.34. The molecule has 1 aromatic heterocycles. The molecule has 206 valence electrons. The highest BCUT2D eigenvalue weighted by molar-refractivity contribution is 5.95. The molecular weight excluding hydrogens is 500 g/mol. The molecule has 3 aromatic carbocycles. The van der Waals surface area contributed by atoms with Crippen molar-refractivity contribution in [2.45, 2.75) is 46.3 Å². The van der Waals surface area contributed by atoms with E-state index in [1.54, 1.807) is 12.1 Å². The number of furan rings is 1.